The fourth-order valence-electron chi connectivity index (χ4n) is 1.68. The zero-order valence-corrected chi connectivity index (χ0v) is 11.7. The highest BCUT2D eigenvalue weighted by Gasteiger charge is 2.14. The lowest BCUT2D eigenvalue weighted by Gasteiger charge is -2.27. The smallest absolute Gasteiger partial charge is 0.146 e. The van der Waals surface area contributed by atoms with Gasteiger partial charge >= 0.3 is 0 Å². The van der Waals surface area contributed by atoms with Gasteiger partial charge < -0.3 is 10.6 Å². The van der Waals surface area contributed by atoms with Gasteiger partial charge in [0.2, 0.25) is 0 Å². The second-order valence-electron chi connectivity index (χ2n) is 4.41. The lowest BCUT2D eigenvalue weighted by molar-refractivity contribution is 0.610. The molecular formula is C13H21FN2S. The fraction of sp³-hybridized carbons (Fsp3) is 0.538. The quantitative estimate of drug-likeness (QED) is 0.878. The van der Waals surface area contributed by atoms with Gasteiger partial charge in [-0.05, 0) is 37.8 Å². The molecule has 0 amide bonds. The van der Waals surface area contributed by atoms with Gasteiger partial charge in [0.25, 0.3) is 0 Å². The zero-order chi connectivity index (χ0) is 13.0. The Kier molecular flexibility index (Phi) is 5.28. The van der Waals surface area contributed by atoms with E-state index in [2.05, 4.69) is 13.2 Å². The van der Waals surface area contributed by atoms with E-state index in [0.29, 0.717) is 11.7 Å². The minimum absolute atomic E-state index is 0.132. The van der Waals surface area contributed by atoms with Crippen molar-refractivity contribution in [3.8, 4) is 0 Å². The van der Waals surface area contributed by atoms with Crippen LogP contribution in [0.4, 0.5) is 10.1 Å². The Labute approximate surface area is 107 Å². The van der Waals surface area contributed by atoms with Crippen molar-refractivity contribution in [1.82, 2.24) is 0 Å². The summed E-state index contributed by atoms with van der Waals surface area (Å²) in [4.78, 5) is 1.97. The van der Waals surface area contributed by atoms with Crippen LogP contribution in [-0.4, -0.2) is 25.1 Å². The minimum Gasteiger partial charge on any atom is -0.369 e. The van der Waals surface area contributed by atoms with E-state index < -0.39 is 0 Å². The molecule has 4 heteroatoms. The van der Waals surface area contributed by atoms with Crippen molar-refractivity contribution in [2.45, 2.75) is 25.9 Å². The fourth-order valence-corrected chi connectivity index (χ4v) is 2.39. The second kappa shape index (κ2) is 6.26. The van der Waals surface area contributed by atoms with Crippen molar-refractivity contribution < 1.29 is 4.39 Å². The molecular weight excluding hydrogens is 235 g/mol. The molecule has 1 rings (SSSR count). The first-order valence-electron chi connectivity index (χ1n) is 5.74. The summed E-state index contributed by atoms with van der Waals surface area (Å²) in [5.41, 5.74) is 7.20. The lowest BCUT2D eigenvalue weighted by Crippen LogP contribution is -2.31. The second-order valence-corrected chi connectivity index (χ2v) is 5.33. The minimum atomic E-state index is -0.199. The van der Waals surface area contributed by atoms with Crippen molar-refractivity contribution >= 4 is 17.4 Å². The van der Waals surface area contributed by atoms with Crippen LogP contribution in [0.5, 0.6) is 0 Å². The molecule has 0 spiro atoms. The summed E-state index contributed by atoms with van der Waals surface area (Å²) in [5.74, 6) is 0.778. The van der Waals surface area contributed by atoms with Crippen molar-refractivity contribution in [3.63, 3.8) is 0 Å². The van der Waals surface area contributed by atoms with E-state index in [1.807, 2.05) is 31.0 Å². The van der Waals surface area contributed by atoms with Gasteiger partial charge in [0, 0.05) is 24.9 Å². The third-order valence-corrected chi connectivity index (χ3v) is 3.76. The van der Waals surface area contributed by atoms with Crippen LogP contribution in [0, 0.1) is 5.82 Å². The summed E-state index contributed by atoms with van der Waals surface area (Å²) in [5, 5.41) is 0. The SMILES string of the molecule is CSCC(C)N(C)c1ccc([C@@H](C)N)cc1F. The number of halogens is 1. The molecule has 1 unspecified atom stereocenters. The molecule has 17 heavy (non-hydrogen) atoms. The van der Waals surface area contributed by atoms with Crippen LogP contribution in [0.25, 0.3) is 0 Å². The number of nitrogens with two attached hydrogens (primary N) is 1. The summed E-state index contributed by atoms with van der Waals surface area (Å²) in [6.07, 6.45) is 2.06. The first-order valence-corrected chi connectivity index (χ1v) is 7.13. The first kappa shape index (κ1) is 14.3. The summed E-state index contributed by atoms with van der Waals surface area (Å²) in [6, 6.07) is 5.41. The number of rotatable bonds is 5. The van der Waals surface area contributed by atoms with Gasteiger partial charge in [0.15, 0.2) is 0 Å². The van der Waals surface area contributed by atoms with Crippen molar-refractivity contribution in [3.05, 3.63) is 29.6 Å². The normalized spacial score (nSPS) is 14.5. The molecule has 0 saturated carbocycles. The monoisotopic (exact) mass is 256 g/mol. The van der Waals surface area contributed by atoms with E-state index in [1.54, 1.807) is 11.8 Å². The van der Waals surface area contributed by atoms with E-state index in [1.165, 1.54) is 6.07 Å². The van der Waals surface area contributed by atoms with Crippen LogP contribution in [0.2, 0.25) is 0 Å². The molecule has 0 aliphatic rings. The van der Waals surface area contributed by atoms with Crippen LogP contribution in [-0.2, 0) is 0 Å². The highest BCUT2D eigenvalue weighted by Crippen LogP contribution is 2.24. The Balaban J connectivity index is 2.91. The number of hydrogen-bond donors (Lipinski definition) is 1. The van der Waals surface area contributed by atoms with Crippen LogP contribution in [0.3, 0.4) is 0 Å². The van der Waals surface area contributed by atoms with Gasteiger partial charge in [0.1, 0.15) is 5.82 Å². The van der Waals surface area contributed by atoms with E-state index >= 15 is 0 Å². The molecule has 0 saturated heterocycles. The van der Waals surface area contributed by atoms with Crippen molar-refractivity contribution in [1.29, 1.82) is 0 Å². The Hall–Kier alpha value is -0.740. The number of benzene rings is 1. The zero-order valence-electron chi connectivity index (χ0n) is 10.9. The predicted octanol–water partition coefficient (Wildman–Crippen LogP) is 3.03. The van der Waals surface area contributed by atoms with Crippen molar-refractivity contribution in [2.75, 3.05) is 24.0 Å². The summed E-state index contributed by atoms with van der Waals surface area (Å²) < 4.78 is 14.0. The van der Waals surface area contributed by atoms with Crippen LogP contribution < -0.4 is 10.6 Å². The number of anilines is 1. The van der Waals surface area contributed by atoms with E-state index in [9.17, 15) is 4.39 Å². The average Bonchev–Trinajstić information content (AvgIpc) is 2.28. The van der Waals surface area contributed by atoms with Crippen molar-refractivity contribution in [2.24, 2.45) is 5.73 Å². The molecule has 0 heterocycles. The van der Waals surface area contributed by atoms with Gasteiger partial charge in [-0.25, -0.2) is 4.39 Å². The molecule has 1 aromatic carbocycles. The van der Waals surface area contributed by atoms with Gasteiger partial charge in [-0.15, -0.1) is 0 Å². The molecule has 0 aliphatic carbocycles. The maximum atomic E-state index is 14.0. The highest BCUT2D eigenvalue weighted by molar-refractivity contribution is 7.98. The van der Waals surface area contributed by atoms with Crippen LogP contribution >= 0.6 is 11.8 Å². The Morgan fingerprint density at radius 2 is 2.06 bits per heavy atom. The number of nitrogens with zero attached hydrogens (tertiary/aromatic N) is 1. The molecule has 0 bridgehead atoms. The summed E-state index contributed by atoms with van der Waals surface area (Å²) >= 11 is 1.76. The number of hydrogen-bond acceptors (Lipinski definition) is 3. The largest absolute Gasteiger partial charge is 0.369 e. The predicted molar refractivity (Wildman–Crippen MR) is 75.2 cm³/mol. The summed E-state index contributed by atoms with van der Waals surface area (Å²) in [7, 11) is 1.92. The molecule has 2 N–H and O–H groups in total. The molecule has 0 fully saturated rings. The Bertz CT molecular complexity index is 368. The standard InChI is InChI=1S/C13H21FN2S/c1-9(8-17-4)16(3)13-6-5-11(10(2)15)7-12(13)14/h5-7,9-10H,8,15H2,1-4H3/t9?,10-/m1/s1. The molecule has 96 valence electrons. The summed E-state index contributed by atoms with van der Waals surface area (Å²) in [6.45, 7) is 3.95. The molecule has 0 aliphatic heterocycles. The Morgan fingerprint density at radius 3 is 2.53 bits per heavy atom. The maximum Gasteiger partial charge on any atom is 0.146 e. The number of thioether (sulfide) groups is 1. The van der Waals surface area contributed by atoms with Gasteiger partial charge in [-0.1, -0.05) is 6.07 Å². The first-order chi connectivity index (χ1) is 7.97. The molecule has 2 atom stereocenters. The average molecular weight is 256 g/mol. The molecule has 0 aromatic heterocycles. The molecule has 0 radical (unpaired) electrons. The van der Waals surface area contributed by atoms with Gasteiger partial charge in [0.05, 0.1) is 5.69 Å². The Morgan fingerprint density at radius 1 is 1.41 bits per heavy atom. The highest BCUT2D eigenvalue weighted by atomic mass is 32.2. The third-order valence-electron chi connectivity index (χ3n) is 2.95. The lowest BCUT2D eigenvalue weighted by atomic mass is 10.1. The van der Waals surface area contributed by atoms with Gasteiger partial charge in [-0.3, -0.25) is 0 Å². The molecule has 2 nitrogen and oxygen atoms in total. The van der Waals surface area contributed by atoms with Crippen LogP contribution in [0.15, 0.2) is 18.2 Å². The maximum absolute atomic E-state index is 14.0. The van der Waals surface area contributed by atoms with E-state index in [-0.39, 0.29) is 11.9 Å². The van der Waals surface area contributed by atoms with E-state index in [0.717, 1.165) is 11.3 Å². The van der Waals surface area contributed by atoms with E-state index in [4.69, 9.17) is 5.73 Å². The molecule has 1 aromatic rings. The third kappa shape index (κ3) is 3.61. The van der Waals surface area contributed by atoms with Crippen LogP contribution in [0.1, 0.15) is 25.5 Å². The topological polar surface area (TPSA) is 29.3 Å². The van der Waals surface area contributed by atoms with Gasteiger partial charge in [-0.2, -0.15) is 11.8 Å².